The summed E-state index contributed by atoms with van der Waals surface area (Å²) in [5.74, 6) is -0.903. The molecule has 3 aromatic rings. The molecular weight excluding hydrogens is 533 g/mol. The van der Waals surface area contributed by atoms with Crippen LogP contribution in [0.15, 0.2) is 72.8 Å². The number of rotatable bonds is 10. The summed E-state index contributed by atoms with van der Waals surface area (Å²) in [6, 6.07) is 20.2. The highest BCUT2D eigenvalue weighted by atomic mass is 35.5. The number of nitrogens with one attached hydrogen (secondary N) is 1. The molecule has 0 aromatic heterocycles. The van der Waals surface area contributed by atoms with Crippen molar-refractivity contribution in [1.29, 1.82) is 0 Å². The van der Waals surface area contributed by atoms with Gasteiger partial charge in [0.15, 0.2) is 0 Å². The Morgan fingerprint density at radius 1 is 0.919 bits per heavy atom. The van der Waals surface area contributed by atoms with Gasteiger partial charge in [0, 0.05) is 30.1 Å². The zero-order chi connectivity index (χ0) is 27.2. The highest BCUT2D eigenvalue weighted by Crippen LogP contribution is 2.27. The van der Waals surface area contributed by atoms with Crippen LogP contribution >= 0.6 is 23.2 Å². The zero-order valence-corrected chi connectivity index (χ0v) is 23.1. The molecule has 1 atom stereocenters. The van der Waals surface area contributed by atoms with E-state index in [1.165, 1.54) is 18.0 Å². The first kappa shape index (κ1) is 28.5. The summed E-state index contributed by atoms with van der Waals surface area (Å²) in [5.41, 5.74) is 2.54. The molecule has 0 heterocycles. The van der Waals surface area contributed by atoms with E-state index in [1.54, 1.807) is 43.3 Å². The summed E-state index contributed by atoms with van der Waals surface area (Å²) in [7, 11) is -2.36. The van der Waals surface area contributed by atoms with Gasteiger partial charge in [-0.15, -0.1) is 0 Å². The third-order valence-corrected chi connectivity index (χ3v) is 7.52. The fourth-order valence-electron chi connectivity index (χ4n) is 3.95. The number of amides is 2. The Hall–Kier alpha value is -3.07. The van der Waals surface area contributed by atoms with Crippen molar-refractivity contribution in [1.82, 2.24) is 10.2 Å². The second-order valence-corrected chi connectivity index (χ2v) is 11.4. The van der Waals surface area contributed by atoms with Gasteiger partial charge in [-0.25, -0.2) is 8.42 Å². The number of likely N-dealkylation sites (N-methyl/N-ethyl adjacent to an activating group) is 1. The van der Waals surface area contributed by atoms with Gasteiger partial charge in [-0.3, -0.25) is 13.9 Å². The molecule has 3 rings (SSSR count). The average Bonchev–Trinajstić information content (AvgIpc) is 2.86. The molecule has 37 heavy (non-hydrogen) atoms. The van der Waals surface area contributed by atoms with Crippen molar-refractivity contribution in [3.63, 3.8) is 0 Å². The van der Waals surface area contributed by atoms with Crippen molar-refractivity contribution in [3.05, 3.63) is 99.5 Å². The van der Waals surface area contributed by atoms with Crippen molar-refractivity contribution in [2.24, 2.45) is 0 Å². The minimum atomic E-state index is -3.87. The van der Waals surface area contributed by atoms with Gasteiger partial charge in [0.25, 0.3) is 0 Å². The average molecular weight is 563 g/mol. The summed E-state index contributed by atoms with van der Waals surface area (Å²) in [6.07, 6.45) is 1.28. The lowest BCUT2D eigenvalue weighted by Gasteiger charge is -2.33. The number of sulfonamides is 1. The summed E-state index contributed by atoms with van der Waals surface area (Å²) in [5, 5.41) is 3.52. The molecule has 10 heteroatoms. The van der Waals surface area contributed by atoms with Gasteiger partial charge in [-0.2, -0.15) is 0 Å². The van der Waals surface area contributed by atoms with Crippen LogP contribution in [0, 0.1) is 6.92 Å². The Bertz CT molecular complexity index is 1350. The number of hydrogen-bond acceptors (Lipinski definition) is 4. The van der Waals surface area contributed by atoms with Gasteiger partial charge in [0.2, 0.25) is 21.8 Å². The van der Waals surface area contributed by atoms with E-state index in [1.807, 2.05) is 30.3 Å². The molecule has 0 aliphatic heterocycles. The molecule has 1 N–H and O–H groups in total. The van der Waals surface area contributed by atoms with E-state index < -0.39 is 28.5 Å². The van der Waals surface area contributed by atoms with Gasteiger partial charge >= 0.3 is 0 Å². The van der Waals surface area contributed by atoms with Crippen LogP contribution in [0.3, 0.4) is 0 Å². The van der Waals surface area contributed by atoms with Crippen LogP contribution in [0.4, 0.5) is 5.69 Å². The van der Waals surface area contributed by atoms with Crippen molar-refractivity contribution in [2.45, 2.75) is 25.9 Å². The summed E-state index contributed by atoms with van der Waals surface area (Å²) >= 11 is 12.2. The van der Waals surface area contributed by atoms with E-state index in [0.29, 0.717) is 21.3 Å². The van der Waals surface area contributed by atoms with Gasteiger partial charge in [0.05, 0.1) is 11.9 Å². The Kier molecular flexibility index (Phi) is 9.59. The van der Waals surface area contributed by atoms with E-state index in [-0.39, 0.29) is 18.9 Å². The number of halogens is 2. The highest BCUT2D eigenvalue weighted by molar-refractivity contribution is 7.92. The van der Waals surface area contributed by atoms with Crippen LogP contribution in [-0.4, -0.2) is 51.0 Å². The molecule has 2 amide bonds. The number of benzene rings is 3. The molecule has 196 valence electrons. The molecule has 0 radical (unpaired) electrons. The lowest BCUT2D eigenvalue weighted by Crippen LogP contribution is -2.53. The van der Waals surface area contributed by atoms with Crippen LogP contribution in [0.2, 0.25) is 10.0 Å². The molecule has 0 spiro atoms. The quantitative estimate of drug-likeness (QED) is 0.396. The number of carbonyl (C=O) groups excluding carboxylic acids is 2. The molecule has 0 saturated heterocycles. The minimum absolute atomic E-state index is 0.0764. The van der Waals surface area contributed by atoms with E-state index in [4.69, 9.17) is 23.2 Å². The van der Waals surface area contributed by atoms with E-state index >= 15 is 0 Å². The topological polar surface area (TPSA) is 86.8 Å². The smallest absolute Gasteiger partial charge is 0.244 e. The van der Waals surface area contributed by atoms with Crippen LogP contribution < -0.4 is 9.62 Å². The minimum Gasteiger partial charge on any atom is -0.357 e. The SMILES string of the molecule is CNC(=O)[C@@H](Cc1ccccc1)N(Cc1ccc(Cl)cc1)C(=O)CN(c1cc(Cl)ccc1C)S(C)(=O)=O. The number of carbonyl (C=O) groups is 2. The molecule has 0 aliphatic rings. The largest absolute Gasteiger partial charge is 0.357 e. The standard InChI is InChI=1S/C27H29Cl2N3O4S/c1-19-9-12-23(29)16-24(19)32(37(3,35)36)18-26(33)31(17-21-10-13-22(28)14-11-21)25(27(34)30-2)15-20-7-5-4-6-8-20/h4-14,16,25H,15,17-18H2,1-3H3,(H,30,34)/t25-/m1/s1. The molecule has 0 aliphatic carbocycles. The molecule has 3 aromatic carbocycles. The fourth-order valence-corrected chi connectivity index (χ4v) is 5.14. The second kappa shape index (κ2) is 12.4. The maximum atomic E-state index is 13.9. The lowest BCUT2D eigenvalue weighted by molar-refractivity contribution is -0.139. The maximum Gasteiger partial charge on any atom is 0.244 e. The Morgan fingerprint density at radius 2 is 1.54 bits per heavy atom. The molecule has 0 fully saturated rings. The number of nitrogens with zero attached hydrogens (tertiary/aromatic N) is 2. The third kappa shape index (κ3) is 7.71. The van der Waals surface area contributed by atoms with E-state index in [9.17, 15) is 18.0 Å². The summed E-state index contributed by atoms with van der Waals surface area (Å²) in [6.45, 7) is 1.31. The third-order valence-electron chi connectivity index (χ3n) is 5.90. The van der Waals surface area contributed by atoms with E-state index in [2.05, 4.69) is 5.32 Å². The summed E-state index contributed by atoms with van der Waals surface area (Å²) < 4.78 is 26.7. The van der Waals surface area contributed by atoms with Gasteiger partial charge in [0.1, 0.15) is 12.6 Å². The van der Waals surface area contributed by atoms with Gasteiger partial charge < -0.3 is 10.2 Å². The first-order valence-electron chi connectivity index (χ1n) is 11.5. The summed E-state index contributed by atoms with van der Waals surface area (Å²) in [4.78, 5) is 28.4. The lowest BCUT2D eigenvalue weighted by atomic mass is 10.0. The van der Waals surface area contributed by atoms with Gasteiger partial charge in [-0.05, 0) is 47.9 Å². The Labute approximate surface area is 228 Å². The molecule has 0 bridgehead atoms. The highest BCUT2D eigenvalue weighted by Gasteiger charge is 2.33. The second-order valence-electron chi connectivity index (χ2n) is 8.67. The number of aryl methyl sites for hydroxylation is 1. The Balaban J connectivity index is 2.04. The number of anilines is 1. The van der Waals surface area contributed by atoms with Crippen LogP contribution in [0.5, 0.6) is 0 Å². The molecular formula is C27H29Cl2N3O4S. The number of hydrogen-bond donors (Lipinski definition) is 1. The first-order chi connectivity index (χ1) is 17.5. The monoisotopic (exact) mass is 561 g/mol. The van der Waals surface area contributed by atoms with E-state index in [0.717, 1.165) is 21.7 Å². The zero-order valence-electron chi connectivity index (χ0n) is 20.8. The normalized spacial score (nSPS) is 12.0. The van der Waals surface area contributed by atoms with Crippen molar-refractivity contribution in [3.8, 4) is 0 Å². The van der Waals surface area contributed by atoms with Crippen molar-refractivity contribution in [2.75, 3.05) is 24.2 Å². The van der Waals surface area contributed by atoms with Crippen molar-refractivity contribution < 1.29 is 18.0 Å². The van der Waals surface area contributed by atoms with Crippen LogP contribution in [-0.2, 0) is 32.6 Å². The Morgan fingerprint density at radius 3 is 2.14 bits per heavy atom. The van der Waals surface area contributed by atoms with Crippen LogP contribution in [0.25, 0.3) is 0 Å². The molecule has 7 nitrogen and oxygen atoms in total. The molecule has 0 unspecified atom stereocenters. The van der Waals surface area contributed by atoms with Crippen LogP contribution in [0.1, 0.15) is 16.7 Å². The predicted molar refractivity (Wildman–Crippen MR) is 148 cm³/mol. The van der Waals surface area contributed by atoms with Crippen molar-refractivity contribution >= 4 is 50.7 Å². The maximum absolute atomic E-state index is 13.9. The molecule has 0 saturated carbocycles. The van der Waals surface area contributed by atoms with Gasteiger partial charge in [-0.1, -0.05) is 71.7 Å². The fraction of sp³-hybridized carbons (Fsp3) is 0.259. The first-order valence-corrected chi connectivity index (χ1v) is 14.1. The predicted octanol–water partition coefficient (Wildman–Crippen LogP) is 4.45.